The number of fused-ring (bicyclic) bond motifs is 1. The molecular weight excluding hydrogens is 276 g/mol. The van der Waals surface area contributed by atoms with Crippen molar-refractivity contribution in [1.29, 1.82) is 0 Å². The van der Waals surface area contributed by atoms with Crippen LogP contribution in [0.25, 0.3) is 0 Å². The van der Waals surface area contributed by atoms with E-state index in [1.54, 1.807) is 7.11 Å². The molecule has 1 aliphatic heterocycles. The Morgan fingerprint density at radius 2 is 1.91 bits per heavy atom. The topological polar surface area (TPSA) is 41.6 Å². The molecule has 114 valence electrons. The Morgan fingerprint density at radius 1 is 1.18 bits per heavy atom. The quantitative estimate of drug-likeness (QED) is 0.942. The first-order valence-electron chi connectivity index (χ1n) is 7.49. The Bertz CT molecular complexity index is 667. The SMILES string of the molecule is COc1ccc(N[C@H](C)C(=O)N2CCc3ccccc32)cc1. The molecule has 0 saturated heterocycles. The zero-order chi connectivity index (χ0) is 15.5. The van der Waals surface area contributed by atoms with Gasteiger partial charge >= 0.3 is 0 Å². The van der Waals surface area contributed by atoms with Crippen molar-refractivity contribution in [3.8, 4) is 5.75 Å². The van der Waals surface area contributed by atoms with E-state index in [4.69, 9.17) is 4.74 Å². The first-order chi connectivity index (χ1) is 10.7. The molecule has 3 rings (SSSR count). The number of amides is 1. The van der Waals surface area contributed by atoms with Crippen LogP contribution in [0.5, 0.6) is 5.75 Å². The van der Waals surface area contributed by atoms with Crippen LogP contribution >= 0.6 is 0 Å². The van der Waals surface area contributed by atoms with Gasteiger partial charge < -0.3 is 15.0 Å². The molecule has 1 atom stereocenters. The van der Waals surface area contributed by atoms with Gasteiger partial charge in [0.1, 0.15) is 11.8 Å². The molecule has 2 aromatic rings. The Hall–Kier alpha value is -2.49. The summed E-state index contributed by atoms with van der Waals surface area (Å²) in [5, 5.41) is 3.25. The third kappa shape index (κ3) is 2.77. The second kappa shape index (κ2) is 6.10. The van der Waals surface area contributed by atoms with E-state index >= 15 is 0 Å². The summed E-state index contributed by atoms with van der Waals surface area (Å²) in [6, 6.07) is 15.4. The van der Waals surface area contributed by atoms with Gasteiger partial charge in [-0.15, -0.1) is 0 Å². The predicted octanol–water partition coefficient (Wildman–Crippen LogP) is 3.08. The van der Waals surface area contributed by atoms with Crippen LogP contribution in [0, 0.1) is 0 Å². The summed E-state index contributed by atoms with van der Waals surface area (Å²) in [6.45, 7) is 2.65. The van der Waals surface area contributed by atoms with E-state index in [1.165, 1.54) is 5.56 Å². The molecule has 0 fully saturated rings. The first kappa shape index (κ1) is 14.4. The van der Waals surface area contributed by atoms with Gasteiger partial charge in [0, 0.05) is 17.9 Å². The van der Waals surface area contributed by atoms with Gasteiger partial charge in [0.15, 0.2) is 0 Å². The van der Waals surface area contributed by atoms with E-state index in [0.717, 1.165) is 30.1 Å². The standard InChI is InChI=1S/C18H20N2O2/c1-13(19-15-7-9-16(22-2)10-8-15)18(21)20-12-11-14-5-3-4-6-17(14)20/h3-10,13,19H,11-12H2,1-2H3/t13-/m1/s1. The molecule has 1 aliphatic rings. The zero-order valence-corrected chi connectivity index (χ0v) is 12.9. The third-order valence-corrected chi connectivity index (χ3v) is 4.00. The molecule has 1 N–H and O–H groups in total. The number of nitrogens with zero attached hydrogens (tertiary/aromatic N) is 1. The third-order valence-electron chi connectivity index (χ3n) is 4.00. The number of hydrogen-bond donors (Lipinski definition) is 1. The average Bonchev–Trinajstić information content (AvgIpc) is 2.99. The average molecular weight is 296 g/mol. The van der Waals surface area contributed by atoms with Crippen molar-refractivity contribution in [2.75, 3.05) is 23.9 Å². The maximum absolute atomic E-state index is 12.7. The molecule has 2 aromatic carbocycles. The lowest BCUT2D eigenvalue weighted by Gasteiger charge is -2.23. The summed E-state index contributed by atoms with van der Waals surface area (Å²) < 4.78 is 5.14. The number of ether oxygens (including phenoxy) is 1. The molecule has 0 spiro atoms. The highest BCUT2D eigenvalue weighted by molar-refractivity contribution is 6.00. The number of carbonyl (C=O) groups excluding carboxylic acids is 1. The molecule has 0 radical (unpaired) electrons. The molecule has 22 heavy (non-hydrogen) atoms. The number of hydrogen-bond acceptors (Lipinski definition) is 3. The summed E-state index contributed by atoms with van der Waals surface area (Å²) >= 11 is 0. The lowest BCUT2D eigenvalue weighted by Crippen LogP contribution is -2.40. The summed E-state index contributed by atoms with van der Waals surface area (Å²) in [5.41, 5.74) is 3.19. The van der Waals surface area contributed by atoms with E-state index in [-0.39, 0.29) is 11.9 Å². The van der Waals surface area contributed by atoms with Gasteiger partial charge in [0.25, 0.3) is 0 Å². The highest BCUT2D eigenvalue weighted by Gasteiger charge is 2.27. The van der Waals surface area contributed by atoms with Crippen molar-refractivity contribution in [3.05, 3.63) is 54.1 Å². The maximum Gasteiger partial charge on any atom is 0.249 e. The van der Waals surface area contributed by atoms with E-state index in [9.17, 15) is 4.79 Å². The van der Waals surface area contributed by atoms with E-state index in [2.05, 4.69) is 11.4 Å². The van der Waals surface area contributed by atoms with Crippen LogP contribution in [0.4, 0.5) is 11.4 Å². The van der Waals surface area contributed by atoms with Gasteiger partial charge in [-0.25, -0.2) is 0 Å². The van der Waals surface area contributed by atoms with Crippen molar-refractivity contribution in [3.63, 3.8) is 0 Å². The Morgan fingerprint density at radius 3 is 2.64 bits per heavy atom. The van der Waals surface area contributed by atoms with Crippen molar-refractivity contribution in [2.24, 2.45) is 0 Å². The minimum absolute atomic E-state index is 0.0979. The number of nitrogens with one attached hydrogen (secondary N) is 1. The molecular formula is C18H20N2O2. The fraction of sp³-hybridized carbons (Fsp3) is 0.278. The van der Waals surface area contributed by atoms with Crippen LogP contribution < -0.4 is 15.0 Å². The van der Waals surface area contributed by atoms with E-state index < -0.39 is 0 Å². The lowest BCUT2D eigenvalue weighted by atomic mass is 10.2. The van der Waals surface area contributed by atoms with Crippen LogP contribution in [0.2, 0.25) is 0 Å². The normalized spacial score (nSPS) is 14.4. The van der Waals surface area contributed by atoms with E-state index in [1.807, 2.05) is 54.3 Å². The molecule has 1 amide bonds. The second-order valence-electron chi connectivity index (χ2n) is 5.46. The first-order valence-corrected chi connectivity index (χ1v) is 7.49. The number of methoxy groups -OCH3 is 1. The predicted molar refractivity (Wildman–Crippen MR) is 88.6 cm³/mol. The number of benzene rings is 2. The highest BCUT2D eigenvalue weighted by Crippen LogP contribution is 2.28. The highest BCUT2D eigenvalue weighted by atomic mass is 16.5. The fourth-order valence-corrected chi connectivity index (χ4v) is 2.80. The molecule has 4 heteroatoms. The number of anilines is 2. The zero-order valence-electron chi connectivity index (χ0n) is 12.9. The van der Waals surface area contributed by atoms with Crippen LogP contribution in [0.1, 0.15) is 12.5 Å². The van der Waals surface area contributed by atoms with Crippen LogP contribution in [-0.4, -0.2) is 25.6 Å². The molecule has 0 unspecified atom stereocenters. The van der Waals surface area contributed by atoms with E-state index in [0.29, 0.717) is 0 Å². The molecule has 0 aliphatic carbocycles. The summed E-state index contributed by atoms with van der Waals surface area (Å²) in [4.78, 5) is 14.5. The van der Waals surface area contributed by atoms with Gasteiger partial charge in [0.05, 0.1) is 7.11 Å². The number of para-hydroxylation sites is 1. The molecule has 0 aromatic heterocycles. The summed E-state index contributed by atoms with van der Waals surface area (Å²) in [6.07, 6.45) is 0.928. The van der Waals surface area contributed by atoms with Gasteiger partial charge in [-0.05, 0) is 49.2 Å². The minimum atomic E-state index is -0.278. The Labute approximate surface area is 130 Å². The second-order valence-corrected chi connectivity index (χ2v) is 5.46. The summed E-state index contributed by atoms with van der Waals surface area (Å²) in [7, 11) is 1.64. The fourth-order valence-electron chi connectivity index (χ4n) is 2.80. The largest absolute Gasteiger partial charge is 0.497 e. The number of carbonyl (C=O) groups is 1. The Kier molecular flexibility index (Phi) is 4.00. The van der Waals surface area contributed by atoms with Gasteiger partial charge in [-0.3, -0.25) is 4.79 Å². The van der Waals surface area contributed by atoms with Crippen LogP contribution in [0.3, 0.4) is 0 Å². The maximum atomic E-state index is 12.7. The van der Waals surface area contributed by atoms with Gasteiger partial charge in [-0.1, -0.05) is 18.2 Å². The molecule has 0 saturated carbocycles. The summed E-state index contributed by atoms with van der Waals surface area (Å²) in [5.74, 6) is 0.902. The molecule has 0 bridgehead atoms. The Balaban J connectivity index is 1.70. The van der Waals surface area contributed by atoms with Crippen molar-refractivity contribution in [1.82, 2.24) is 0 Å². The minimum Gasteiger partial charge on any atom is -0.497 e. The van der Waals surface area contributed by atoms with Crippen molar-refractivity contribution in [2.45, 2.75) is 19.4 Å². The molecule has 1 heterocycles. The lowest BCUT2D eigenvalue weighted by molar-refractivity contribution is -0.118. The van der Waals surface area contributed by atoms with Gasteiger partial charge in [0.2, 0.25) is 5.91 Å². The van der Waals surface area contributed by atoms with Crippen molar-refractivity contribution >= 4 is 17.3 Å². The smallest absolute Gasteiger partial charge is 0.249 e. The van der Waals surface area contributed by atoms with Crippen LogP contribution in [-0.2, 0) is 11.2 Å². The van der Waals surface area contributed by atoms with Gasteiger partial charge in [-0.2, -0.15) is 0 Å². The van der Waals surface area contributed by atoms with Crippen LogP contribution in [0.15, 0.2) is 48.5 Å². The number of rotatable bonds is 4. The monoisotopic (exact) mass is 296 g/mol. The molecule has 4 nitrogen and oxygen atoms in total. The van der Waals surface area contributed by atoms with Crippen molar-refractivity contribution < 1.29 is 9.53 Å².